The van der Waals surface area contributed by atoms with Gasteiger partial charge in [-0.2, -0.15) is 10.1 Å². The lowest BCUT2D eigenvalue weighted by atomic mass is 10.1. The Labute approximate surface area is 144 Å². The van der Waals surface area contributed by atoms with Crippen molar-refractivity contribution < 1.29 is 4.79 Å². The number of amides is 1. The number of nitrogens with one attached hydrogen (secondary N) is 1. The van der Waals surface area contributed by atoms with Crippen LogP contribution in [0.5, 0.6) is 0 Å². The van der Waals surface area contributed by atoms with Crippen molar-refractivity contribution in [3.05, 3.63) is 58.1 Å². The molecule has 1 amide bonds. The topological polar surface area (TPSA) is 72.2 Å². The van der Waals surface area contributed by atoms with E-state index in [0.29, 0.717) is 30.2 Å². The Morgan fingerprint density at radius 2 is 2.17 bits per heavy atom. The first-order valence-corrected chi connectivity index (χ1v) is 8.09. The summed E-state index contributed by atoms with van der Waals surface area (Å²) in [5.74, 6) is 0.576. The van der Waals surface area contributed by atoms with E-state index < -0.39 is 0 Å². The number of aryl methyl sites for hydroxylation is 2. The summed E-state index contributed by atoms with van der Waals surface area (Å²) < 4.78 is 1.70. The smallest absolute Gasteiger partial charge is 0.252 e. The third-order valence-corrected chi connectivity index (χ3v) is 4.20. The van der Waals surface area contributed by atoms with Gasteiger partial charge in [0.25, 0.3) is 5.78 Å². The SMILES string of the molecule is Cc1nc2ncnn2c(C)c1CCC(=O)NCc1cccc(Cl)c1. The first kappa shape index (κ1) is 16.4. The van der Waals surface area contributed by atoms with Crippen LogP contribution in [0.4, 0.5) is 0 Å². The van der Waals surface area contributed by atoms with Crippen molar-refractivity contribution in [3.63, 3.8) is 0 Å². The zero-order valence-corrected chi connectivity index (χ0v) is 14.3. The summed E-state index contributed by atoms with van der Waals surface area (Å²) in [5, 5.41) is 7.74. The van der Waals surface area contributed by atoms with E-state index in [1.165, 1.54) is 6.33 Å². The van der Waals surface area contributed by atoms with Crippen LogP contribution in [0.15, 0.2) is 30.6 Å². The van der Waals surface area contributed by atoms with E-state index in [2.05, 4.69) is 20.4 Å². The van der Waals surface area contributed by atoms with Crippen molar-refractivity contribution >= 4 is 23.3 Å². The van der Waals surface area contributed by atoms with Crippen molar-refractivity contribution in [3.8, 4) is 0 Å². The van der Waals surface area contributed by atoms with Gasteiger partial charge in [-0.15, -0.1) is 0 Å². The van der Waals surface area contributed by atoms with Crippen molar-refractivity contribution in [2.24, 2.45) is 0 Å². The number of hydrogen-bond acceptors (Lipinski definition) is 4. The first-order chi connectivity index (χ1) is 11.5. The fourth-order valence-corrected chi connectivity index (χ4v) is 2.90. The van der Waals surface area contributed by atoms with E-state index in [1.807, 2.05) is 38.1 Å². The molecule has 124 valence electrons. The van der Waals surface area contributed by atoms with E-state index >= 15 is 0 Å². The Morgan fingerprint density at radius 3 is 2.96 bits per heavy atom. The van der Waals surface area contributed by atoms with Crippen molar-refractivity contribution in [1.82, 2.24) is 24.9 Å². The second kappa shape index (κ2) is 6.97. The molecular weight excluding hydrogens is 326 g/mol. The maximum absolute atomic E-state index is 12.1. The minimum atomic E-state index is -0.00698. The van der Waals surface area contributed by atoms with Crippen molar-refractivity contribution in [2.75, 3.05) is 0 Å². The van der Waals surface area contributed by atoms with Crippen molar-refractivity contribution in [2.45, 2.75) is 33.2 Å². The van der Waals surface area contributed by atoms with Gasteiger partial charge in [0, 0.05) is 29.4 Å². The van der Waals surface area contributed by atoms with E-state index in [9.17, 15) is 4.79 Å². The van der Waals surface area contributed by atoms with E-state index in [0.717, 1.165) is 22.5 Å². The van der Waals surface area contributed by atoms with Crippen LogP contribution in [0, 0.1) is 13.8 Å². The predicted molar refractivity (Wildman–Crippen MR) is 91.9 cm³/mol. The number of nitrogens with zero attached hydrogens (tertiary/aromatic N) is 4. The van der Waals surface area contributed by atoms with Gasteiger partial charge in [-0.25, -0.2) is 9.50 Å². The minimum absolute atomic E-state index is 0.00698. The van der Waals surface area contributed by atoms with Gasteiger partial charge in [0.05, 0.1) is 0 Å². The molecule has 0 spiro atoms. The Hall–Kier alpha value is -2.47. The highest BCUT2D eigenvalue weighted by molar-refractivity contribution is 6.30. The van der Waals surface area contributed by atoms with Crippen LogP contribution in [0.2, 0.25) is 5.02 Å². The van der Waals surface area contributed by atoms with Crippen LogP contribution in [-0.2, 0) is 17.8 Å². The number of aromatic nitrogens is 4. The zero-order valence-electron chi connectivity index (χ0n) is 13.6. The Morgan fingerprint density at radius 1 is 1.33 bits per heavy atom. The molecule has 0 aliphatic heterocycles. The predicted octanol–water partition coefficient (Wildman–Crippen LogP) is 2.64. The van der Waals surface area contributed by atoms with Gasteiger partial charge in [-0.3, -0.25) is 4.79 Å². The molecule has 0 fully saturated rings. The molecule has 6 nitrogen and oxygen atoms in total. The maximum atomic E-state index is 12.1. The van der Waals surface area contributed by atoms with Gasteiger partial charge >= 0.3 is 0 Å². The molecule has 1 aromatic carbocycles. The normalized spacial score (nSPS) is 11.0. The molecule has 3 aromatic rings. The molecule has 1 N–H and O–H groups in total. The first-order valence-electron chi connectivity index (χ1n) is 7.71. The summed E-state index contributed by atoms with van der Waals surface area (Å²) in [7, 11) is 0. The van der Waals surface area contributed by atoms with E-state index in [-0.39, 0.29) is 5.91 Å². The van der Waals surface area contributed by atoms with Gasteiger partial charge in [0.15, 0.2) is 0 Å². The molecule has 0 aliphatic rings. The number of rotatable bonds is 5. The van der Waals surface area contributed by atoms with Crippen LogP contribution < -0.4 is 5.32 Å². The van der Waals surface area contributed by atoms with Crippen LogP contribution >= 0.6 is 11.6 Å². The number of carbonyl (C=O) groups is 1. The van der Waals surface area contributed by atoms with Crippen LogP contribution in [0.3, 0.4) is 0 Å². The number of carbonyl (C=O) groups excluding carboxylic acids is 1. The summed E-state index contributed by atoms with van der Waals surface area (Å²) >= 11 is 5.94. The van der Waals surface area contributed by atoms with E-state index in [1.54, 1.807) is 4.52 Å². The second-order valence-electron chi connectivity index (χ2n) is 5.64. The van der Waals surface area contributed by atoms with Gasteiger partial charge in [-0.05, 0) is 43.5 Å². The highest BCUT2D eigenvalue weighted by Crippen LogP contribution is 2.15. The minimum Gasteiger partial charge on any atom is -0.352 e. The highest BCUT2D eigenvalue weighted by Gasteiger charge is 2.12. The Bertz CT molecular complexity index is 890. The average Bonchev–Trinajstić information content (AvgIpc) is 3.01. The van der Waals surface area contributed by atoms with Gasteiger partial charge in [0.1, 0.15) is 6.33 Å². The average molecular weight is 344 g/mol. The van der Waals surface area contributed by atoms with Crippen molar-refractivity contribution in [1.29, 1.82) is 0 Å². The lowest BCUT2D eigenvalue weighted by Crippen LogP contribution is -2.23. The summed E-state index contributed by atoms with van der Waals surface area (Å²) in [4.78, 5) is 20.6. The third kappa shape index (κ3) is 3.54. The number of hydrogen-bond donors (Lipinski definition) is 1. The maximum Gasteiger partial charge on any atom is 0.252 e. The molecule has 7 heteroatoms. The largest absolute Gasteiger partial charge is 0.352 e. The monoisotopic (exact) mass is 343 g/mol. The Balaban J connectivity index is 1.62. The lowest BCUT2D eigenvalue weighted by molar-refractivity contribution is -0.121. The molecule has 2 aromatic heterocycles. The van der Waals surface area contributed by atoms with E-state index in [4.69, 9.17) is 11.6 Å². The molecule has 0 bridgehead atoms. The highest BCUT2D eigenvalue weighted by atomic mass is 35.5. The number of benzene rings is 1. The summed E-state index contributed by atoms with van der Waals surface area (Å²) in [6.07, 6.45) is 2.49. The molecule has 0 atom stereocenters. The van der Waals surface area contributed by atoms with Gasteiger partial charge < -0.3 is 5.32 Å². The summed E-state index contributed by atoms with van der Waals surface area (Å²) in [6.45, 7) is 4.37. The van der Waals surface area contributed by atoms with Crippen LogP contribution in [0.25, 0.3) is 5.78 Å². The molecule has 24 heavy (non-hydrogen) atoms. The fraction of sp³-hybridized carbons (Fsp3) is 0.294. The Kier molecular flexibility index (Phi) is 4.76. The number of halogens is 1. The molecule has 0 unspecified atom stereocenters. The standard InChI is InChI=1S/C17H18ClN5O/c1-11-15(12(2)23-17(22-11)20-10-21-23)6-7-16(24)19-9-13-4-3-5-14(18)8-13/h3-5,8,10H,6-7,9H2,1-2H3,(H,19,24). The van der Waals surface area contributed by atoms with Crippen LogP contribution in [-0.4, -0.2) is 25.5 Å². The molecule has 0 saturated heterocycles. The summed E-state index contributed by atoms with van der Waals surface area (Å²) in [6, 6.07) is 7.46. The molecule has 2 heterocycles. The molecule has 0 saturated carbocycles. The molecule has 3 rings (SSSR count). The van der Waals surface area contributed by atoms with Gasteiger partial charge in [0.2, 0.25) is 5.91 Å². The second-order valence-corrected chi connectivity index (χ2v) is 6.08. The molecular formula is C17H18ClN5O. The zero-order chi connectivity index (χ0) is 17.1. The lowest BCUT2D eigenvalue weighted by Gasteiger charge is -2.10. The summed E-state index contributed by atoms with van der Waals surface area (Å²) in [5.41, 5.74) is 3.87. The number of fused-ring (bicyclic) bond motifs is 1. The van der Waals surface area contributed by atoms with Gasteiger partial charge in [-0.1, -0.05) is 23.7 Å². The molecule has 0 aliphatic carbocycles. The quantitative estimate of drug-likeness (QED) is 0.773. The molecule has 0 radical (unpaired) electrons. The fourth-order valence-electron chi connectivity index (χ4n) is 2.69. The third-order valence-electron chi connectivity index (χ3n) is 3.97. The van der Waals surface area contributed by atoms with Crippen LogP contribution in [0.1, 0.15) is 28.9 Å².